The van der Waals surface area contributed by atoms with Crippen molar-refractivity contribution in [3.8, 4) is 0 Å². The lowest BCUT2D eigenvalue weighted by Gasteiger charge is -2.44. The average molecular weight is 489 g/mol. The van der Waals surface area contributed by atoms with Gasteiger partial charge in [-0.05, 0) is 70.6 Å². The number of hydrogen-bond acceptors (Lipinski definition) is 0. The van der Waals surface area contributed by atoms with Crippen LogP contribution < -0.4 is 15.9 Å². The minimum absolute atomic E-state index is 0.0781. The van der Waals surface area contributed by atoms with Crippen LogP contribution in [0.3, 0.4) is 0 Å². The Balaban J connectivity index is 1.75. The SMILES string of the molecule is CC(C)(C)P(CC1CCCC1c1ccccc1P(c1ccccc1)c1ccccc1)C(C)(C)C. The first-order valence-corrected chi connectivity index (χ1v) is 15.8. The molecule has 0 amide bonds. The lowest BCUT2D eigenvalue weighted by atomic mass is 9.90. The van der Waals surface area contributed by atoms with Crippen molar-refractivity contribution in [3.05, 3.63) is 90.5 Å². The molecule has 1 fully saturated rings. The summed E-state index contributed by atoms with van der Waals surface area (Å²) in [5.74, 6) is 1.48. The van der Waals surface area contributed by atoms with Crippen molar-refractivity contribution >= 4 is 31.8 Å². The average Bonchev–Trinajstić information content (AvgIpc) is 3.26. The molecule has 34 heavy (non-hydrogen) atoms. The fourth-order valence-electron chi connectivity index (χ4n) is 6.04. The Kier molecular flexibility index (Phi) is 8.02. The second-order valence-electron chi connectivity index (χ2n) is 11.8. The predicted octanol–water partition coefficient (Wildman–Crippen LogP) is 8.41. The van der Waals surface area contributed by atoms with E-state index >= 15 is 0 Å². The molecule has 3 aromatic carbocycles. The van der Waals surface area contributed by atoms with E-state index in [9.17, 15) is 0 Å². The fraction of sp³-hybridized carbons (Fsp3) is 0.438. The van der Waals surface area contributed by atoms with Crippen molar-refractivity contribution in [2.75, 3.05) is 6.16 Å². The van der Waals surface area contributed by atoms with E-state index in [4.69, 9.17) is 0 Å². The largest absolute Gasteiger partial charge is 0.0953 e. The minimum Gasteiger partial charge on any atom is -0.0953 e. The van der Waals surface area contributed by atoms with Crippen LogP contribution in [0.2, 0.25) is 0 Å². The maximum atomic E-state index is 2.48. The molecule has 2 atom stereocenters. The van der Waals surface area contributed by atoms with E-state index in [1.165, 1.54) is 36.0 Å². The molecule has 0 radical (unpaired) electrons. The van der Waals surface area contributed by atoms with E-state index in [0.29, 0.717) is 16.2 Å². The van der Waals surface area contributed by atoms with Gasteiger partial charge < -0.3 is 0 Å². The van der Waals surface area contributed by atoms with Gasteiger partial charge in [-0.3, -0.25) is 0 Å². The van der Waals surface area contributed by atoms with E-state index in [1.807, 2.05) is 0 Å². The molecule has 180 valence electrons. The molecule has 2 heteroatoms. The predicted molar refractivity (Wildman–Crippen MR) is 157 cm³/mol. The van der Waals surface area contributed by atoms with Gasteiger partial charge in [0.05, 0.1) is 0 Å². The van der Waals surface area contributed by atoms with E-state index in [-0.39, 0.29) is 7.92 Å². The summed E-state index contributed by atoms with van der Waals surface area (Å²) in [6.45, 7) is 14.9. The number of rotatable bonds is 6. The zero-order valence-corrected chi connectivity index (χ0v) is 23.7. The van der Waals surface area contributed by atoms with Crippen LogP contribution >= 0.6 is 15.8 Å². The van der Waals surface area contributed by atoms with Crippen LogP contribution in [0, 0.1) is 5.92 Å². The van der Waals surface area contributed by atoms with Crippen molar-refractivity contribution in [2.45, 2.75) is 77.0 Å². The van der Waals surface area contributed by atoms with Gasteiger partial charge in [0.2, 0.25) is 0 Å². The van der Waals surface area contributed by atoms with Gasteiger partial charge in [0.15, 0.2) is 0 Å². The Morgan fingerprint density at radius 1 is 0.647 bits per heavy atom. The molecule has 0 nitrogen and oxygen atoms in total. The third kappa shape index (κ3) is 5.83. The summed E-state index contributed by atoms with van der Waals surface area (Å²) in [5.41, 5.74) is 1.63. The van der Waals surface area contributed by atoms with Crippen molar-refractivity contribution in [1.29, 1.82) is 0 Å². The van der Waals surface area contributed by atoms with Gasteiger partial charge in [-0.25, -0.2) is 0 Å². The Morgan fingerprint density at radius 2 is 1.15 bits per heavy atom. The summed E-state index contributed by atoms with van der Waals surface area (Å²) >= 11 is 0. The summed E-state index contributed by atoms with van der Waals surface area (Å²) in [6, 6.07) is 31.9. The van der Waals surface area contributed by atoms with Gasteiger partial charge in [-0.2, -0.15) is 0 Å². The quantitative estimate of drug-likeness (QED) is 0.306. The van der Waals surface area contributed by atoms with Gasteiger partial charge in [0, 0.05) is 0 Å². The highest BCUT2D eigenvalue weighted by atomic mass is 31.1. The van der Waals surface area contributed by atoms with Crippen LogP contribution in [0.1, 0.15) is 72.3 Å². The second-order valence-corrected chi connectivity index (χ2v) is 17.9. The third-order valence-corrected chi connectivity index (χ3v) is 13.9. The van der Waals surface area contributed by atoms with Crippen molar-refractivity contribution in [1.82, 2.24) is 0 Å². The maximum Gasteiger partial charge on any atom is -0.0116 e. The molecule has 1 aliphatic carbocycles. The lowest BCUT2D eigenvalue weighted by Crippen LogP contribution is -2.30. The monoisotopic (exact) mass is 488 g/mol. The molecule has 1 saturated carbocycles. The smallest absolute Gasteiger partial charge is 0.0116 e. The van der Waals surface area contributed by atoms with Crippen LogP contribution in [0.25, 0.3) is 0 Å². The number of benzene rings is 3. The summed E-state index contributed by atoms with van der Waals surface area (Å²) in [5, 5.41) is 5.26. The van der Waals surface area contributed by atoms with Crippen LogP contribution in [-0.2, 0) is 0 Å². The van der Waals surface area contributed by atoms with Gasteiger partial charge in [-0.1, -0.05) is 141 Å². The Bertz CT molecular complexity index is 990. The summed E-state index contributed by atoms with van der Waals surface area (Å²) in [7, 11) is -0.640. The lowest BCUT2D eigenvalue weighted by molar-refractivity contribution is 0.531. The molecular formula is C32H42P2. The normalized spacial score (nSPS) is 19.2. The Morgan fingerprint density at radius 3 is 1.68 bits per heavy atom. The highest BCUT2D eigenvalue weighted by Crippen LogP contribution is 2.62. The molecule has 0 saturated heterocycles. The highest BCUT2D eigenvalue weighted by Gasteiger charge is 2.40. The molecule has 0 aromatic heterocycles. The molecule has 3 aromatic rings. The highest BCUT2D eigenvalue weighted by molar-refractivity contribution is 7.79. The molecule has 0 bridgehead atoms. The molecule has 4 rings (SSSR count). The van der Waals surface area contributed by atoms with Crippen molar-refractivity contribution in [3.63, 3.8) is 0 Å². The summed E-state index contributed by atoms with van der Waals surface area (Å²) in [4.78, 5) is 0. The van der Waals surface area contributed by atoms with E-state index in [2.05, 4.69) is 126 Å². The van der Waals surface area contributed by atoms with Gasteiger partial charge in [0.25, 0.3) is 0 Å². The van der Waals surface area contributed by atoms with Crippen LogP contribution in [0.5, 0.6) is 0 Å². The van der Waals surface area contributed by atoms with Crippen LogP contribution in [-0.4, -0.2) is 16.5 Å². The molecule has 0 spiro atoms. The minimum atomic E-state index is -0.562. The number of hydrogen-bond donors (Lipinski definition) is 0. The summed E-state index contributed by atoms with van der Waals surface area (Å²) in [6.07, 6.45) is 5.50. The van der Waals surface area contributed by atoms with Gasteiger partial charge in [0.1, 0.15) is 0 Å². The topological polar surface area (TPSA) is 0 Å². The third-order valence-electron chi connectivity index (χ3n) is 7.30. The fourth-order valence-corrected chi connectivity index (χ4v) is 12.6. The zero-order valence-electron chi connectivity index (χ0n) is 22.0. The first-order valence-electron chi connectivity index (χ1n) is 12.9. The molecular weight excluding hydrogens is 446 g/mol. The zero-order chi connectivity index (χ0) is 24.3. The Hall–Kier alpha value is -1.48. The molecule has 2 unspecified atom stereocenters. The van der Waals surface area contributed by atoms with Crippen molar-refractivity contribution < 1.29 is 0 Å². The molecule has 1 aliphatic rings. The van der Waals surface area contributed by atoms with E-state index in [0.717, 1.165) is 5.92 Å². The Labute approximate surface area is 211 Å². The molecule has 0 heterocycles. The maximum absolute atomic E-state index is 2.48. The first-order chi connectivity index (χ1) is 16.2. The van der Waals surface area contributed by atoms with Crippen LogP contribution in [0.15, 0.2) is 84.9 Å². The molecule has 0 N–H and O–H groups in total. The first kappa shape index (κ1) is 25.6. The standard InChI is InChI=1S/C32H42P2/c1-31(2,3)33(32(4,5)6)24-25-16-15-22-28(25)29-21-13-14-23-30(29)34(26-17-9-7-10-18-26)27-19-11-8-12-20-27/h7-14,17-21,23,25,28H,15-16,22,24H2,1-6H3. The van der Waals surface area contributed by atoms with E-state index in [1.54, 1.807) is 10.9 Å². The summed E-state index contributed by atoms with van der Waals surface area (Å²) < 4.78 is 0. The van der Waals surface area contributed by atoms with Crippen LogP contribution in [0.4, 0.5) is 0 Å². The van der Waals surface area contributed by atoms with Crippen molar-refractivity contribution in [2.24, 2.45) is 5.92 Å². The molecule has 0 aliphatic heterocycles. The van der Waals surface area contributed by atoms with Gasteiger partial charge in [-0.15, -0.1) is 0 Å². The second kappa shape index (κ2) is 10.6. The van der Waals surface area contributed by atoms with E-state index < -0.39 is 7.92 Å². The van der Waals surface area contributed by atoms with Gasteiger partial charge >= 0.3 is 0 Å².